The number of rotatable bonds is 9. The van der Waals surface area contributed by atoms with Crippen LogP contribution in [0.5, 0.6) is 0 Å². The predicted octanol–water partition coefficient (Wildman–Crippen LogP) is 5.07. The minimum absolute atomic E-state index is 0.0250. The molecule has 0 fully saturated rings. The van der Waals surface area contributed by atoms with Crippen LogP contribution in [0, 0.1) is 0 Å². The van der Waals surface area contributed by atoms with Gasteiger partial charge in [0.15, 0.2) is 5.16 Å². The van der Waals surface area contributed by atoms with Crippen LogP contribution in [0.15, 0.2) is 46.5 Å². The number of hydrogen-bond acceptors (Lipinski definition) is 5. The van der Waals surface area contributed by atoms with Crippen LogP contribution in [0.3, 0.4) is 0 Å². The van der Waals surface area contributed by atoms with E-state index in [2.05, 4.69) is 57.1 Å². The Bertz CT molecular complexity index is 1240. The molecule has 0 radical (unpaired) electrons. The number of nitrogens with zero attached hydrogens (tertiary/aromatic N) is 2. The van der Waals surface area contributed by atoms with Crippen LogP contribution in [-0.4, -0.2) is 29.6 Å². The molecule has 0 aliphatic heterocycles. The minimum atomic E-state index is -3.81. The number of fused-ring (bicyclic) bond motifs is 1. The first kappa shape index (κ1) is 25.3. The Hall–Kier alpha value is -2.36. The molecule has 0 saturated heterocycles. The van der Waals surface area contributed by atoms with E-state index in [1.54, 1.807) is 6.07 Å². The molecule has 2 aromatic carbocycles. The molecule has 0 aliphatic rings. The van der Waals surface area contributed by atoms with Crippen molar-refractivity contribution in [3.05, 3.63) is 47.5 Å². The number of imidazole rings is 1. The van der Waals surface area contributed by atoms with Crippen molar-refractivity contribution in [2.45, 2.75) is 69.5 Å². The highest BCUT2D eigenvalue weighted by Gasteiger charge is 2.18. The molecule has 0 atom stereocenters. The van der Waals surface area contributed by atoms with E-state index in [1.165, 1.54) is 23.9 Å². The van der Waals surface area contributed by atoms with Crippen LogP contribution in [0.25, 0.3) is 11.0 Å². The number of anilines is 1. The molecule has 1 amide bonds. The van der Waals surface area contributed by atoms with Crippen LogP contribution >= 0.6 is 11.8 Å². The fourth-order valence-corrected chi connectivity index (χ4v) is 5.19. The zero-order valence-corrected chi connectivity index (χ0v) is 21.4. The molecule has 1 aromatic heterocycles. The molecular formula is C24H32N4O3S2. The zero-order chi connectivity index (χ0) is 24.3. The number of aryl methyl sites for hydroxylation is 1. The van der Waals surface area contributed by atoms with E-state index in [0.717, 1.165) is 28.8 Å². The Balaban J connectivity index is 1.86. The van der Waals surface area contributed by atoms with E-state index in [9.17, 15) is 13.2 Å². The topological polar surface area (TPSA) is 107 Å². The van der Waals surface area contributed by atoms with Gasteiger partial charge in [-0.05, 0) is 47.6 Å². The molecule has 0 aliphatic carbocycles. The second-order valence-electron chi connectivity index (χ2n) is 8.70. The number of nitrogens with one attached hydrogen (secondary N) is 1. The number of primary sulfonamides is 1. The highest BCUT2D eigenvalue weighted by atomic mass is 32.2. The predicted molar refractivity (Wildman–Crippen MR) is 135 cm³/mol. The Kier molecular flexibility index (Phi) is 7.87. The first-order chi connectivity index (χ1) is 15.5. The molecule has 178 valence electrons. The van der Waals surface area contributed by atoms with E-state index in [1.807, 2.05) is 10.6 Å². The van der Waals surface area contributed by atoms with Crippen LogP contribution < -0.4 is 10.5 Å². The Morgan fingerprint density at radius 2 is 1.76 bits per heavy atom. The van der Waals surface area contributed by atoms with Gasteiger partial charge >= 0.3 is 0 Å². The Labute approximate surface area is 200 Å². The van der Waals surface area contributed by atoms with Gasteiger partial charge < -0.3 is 9.88 Å². The van der Waals surface area contributed by atoms with Gasteiger partial charge in [-0.15, -0.1) is 0 Å². The molecule has 3 N–H and O–H groups in total. The van der Waals surface area contributed by atoms with E-state index in [0.29, 0.717) is 17.2 Å². The van der Waals surface area contributed by atoms with E-state index in [-0.39, 0.29) is 28.4 Å². The number of amides is 1. The molecule has 0 unspecified atom stereocenters. The smallest absolute Gasteiger partial charge is 0.238 e. The summed E-state index contributed by atoms with van der Waals surface area (Å²) in [6, 6.07) is 10.8. The van der Waals surface area contributed by atoms with Crippen molar-refractivity contribution in [3.8, 4) is 0 Å². The summed E-state index contributed by atoms with van der Waals surface area (Å²) in [6.45, 7) is 11.2. The number of carbonyl (C=O) groups excluding carboxylic acids is 1. The number of nitrogens with two attached hydrogens (primary N) is 1. The van der Waals surface area contributed by atoms with Crippen molar-refractivity contribution in [3.63, 3.8) is 0 Å². The van der Waals surface area contributed by atoms with Gasteiger partial charge in [0.2, 0.25) is 15.9 Å². The van der Waals surface area contributed by atoms with Gasteiger partial charge in [-0.3, -0.25) is 4.79 Å². The van der Waals surface area contributed by atoms with Crippen LogP contribution in [0.4, 0.5) is 5.69 Å². The monoisotopic (exact) mass is 488 g/mol. The summed E-state index contributed by atoms with van der Waals surface area (Å²) in [5, 5.41) is 9.08. The number of carbonyl (C=O) groups is 1. The molecule has 3 rings (SSSR count). The van der Waals surface area contributed by atoms with Crippen molar-refractivity contribution >= 4 is 44.4 Å². The van der Waals surface area contributed by atoms with Crippen molar-refractivity contribution in [1.29, 1.82) is 0 Å². The lowest BCUT2D eigenvalue weighted by Gasteiger charge is -2.20. The Morgan fingerprint density at radius 1 is 1.12 bits per heavy atom. The molecule has 33 heavy (non-hydrogen) atoms. The number of sulfonamides is 1. The largest absolute Gasteiger partial charge is 0.325 e. The molecule has 0 saturated carbocycles. The van der Waals surface area contributed by atoms with Crippen molar-refractivity contribution in [1.82, 2.24) is 9.55 Å². The van der Waals surface area contributed by atoms with Crippen molar-refractivity contribution in [2.24, 2.45) is 5.14 Å². The maximum atomic E-state index is 12.9. The molecule has 7 nitrogen and oxygen atoms in total. The van der Waals surface area contributed by atoms with Crippen molar-refractivity contribution < 1.29 is 13.2 Å². The van der Waals surface area contributed by atoms with Gasteiger partial charge in [-0.25, -0.2) is 18.5 Å². The SMILES string of the molecule is CCCn1c(SCC(=O)Nc2c(C(C)C)cccc2C(C)C)nc2cc(S(N)(=O)=O)ccc21. The average molecular weight is 489 g/mol. The summed E-state index contributed by atoms with van der Waals surface area (Å²) < 4.78 is 25.5. The van der Waals surface area contributed by atoms with Crippen LogP contribution in [0.1, 0.15) is 64.0 Å². The fourth-order valence-electron chi connectivity index (χ4n) is 3.82. The average Bonchev–Trinajstić information content (AvgIpc) is 3.08. The maximum Gasteiger partial charge on any atom is 0.238 e. The lowest BCUT2D eigenvalue weighted by Crippen LogP contribution is -2.18. The summed E-state index contributed by atoms with van der Waals surface area (Å²) in [5.41, 5.74) is 4.50. The van der Waals surface area contributed by atoms with Gasteiger partial charge in [0.05, 0.1) is 21.7 Å². The molecule has 3 aromatic rings. The summed E-state index contributed by atoms with van der Waals surface area (Å²) in [5.74, 6) is 0.663. The molecule has 9 heteroatoms. The number of para-hydroxylation sites is 1. The summed E-state index contributed by atoms with van der Waals surface area (Å²) in [7, 11) is -3.81. The van der Waals surface area contributed by atoms with E-state index < -0.39 is 10.0 Å². The first-order valence-electron chi connectivity index (χ1n) is 11.1. The van der Waals surface area contributed by atoms with Gasteiger partial charge in [-0.2, -0.15) is 0 Å². The number of aromatic nitrogens is 2. The van der Waals surface area contributed by atoms with Gasteiger partial charge in [0.25, 0.3) is 0 Å². The highest BCUT2D eigenvalue weighted by Crippen LogP contribution is 2.33. The molecule has 0 spiro atoms. The number of thioether (sulfide) groups is 1. The third-order valence-corrected chi connectivity index (χ3v) is 7.32. The van der Waals surface area contributed by atoms with E-state index in [4.69, 9.17) is 5.14 Å². The van der Waals surface area contributed by atoms with Gasteiger partial charge in [0.1, 0.15) is 0 Å². The lowest BCUT2D eigenvalue weighted by atomic mass is 9.92. The Morgan fingerprint density at radius 3 is 2.30 bits per heavy atom. The van der Waals surface area contributed by atoms with E-state index >= 15 is 0 Å². The lowest BCUT2D eigenvalue weighted by molar-refractivity contribution is -0.113. The second kappa shape index (κ2) is 10.3. The summed E-state index contributed by atoms with van der Waals surface area (Å²) >= 11 is 1.34. The zero-order valence-electron chi connectivity index (χ0n) is 19.8. The quantitative estimate of drug-likeness (QED) is 0.409. The second-order valence-corrected chi connectivity index (χ2v) is 11.2. The fraction of sp³-hybridized carbons (Fsp3) is 0.417. The molecule has 0 bridgehead atoms. The standard InChI is InChI=1S/C24H32N4O3S2/c1-6-12-28-21-11-10-17(33(25,30)31)13-20(21)26-24(28)32-14-22(29)27-23-18(15(2)3)8-7-9-19(23)16(4)5/h7-11,13,15-16H,6,12,14H2,1-5H3,(H,27,29)(H2,25,30,31). The van der Waals surface area contributed by atoms with Crippen molar-refractivity contribution in [2.75, 3.05) is 11.1 Å². The third kappa shape index (κ3) is 5.77. The van der Waals surface area contributed by atoms with Gasteiger partial charge in [0, 0.05) is 12.2 Å². The number of benzene rings is 2. The summed E-state index contributed by atoms with van der Waals surface area (Å²) in [4.78, 5) is 17.6. The highest BCUT2D eigenvalue weighted by molar-refractivity contribution is 7.99. The van der Waals surface area contributed by atoms with Crippen LogP contribution in [-0.2, 0) is 21.4 Å². The molecular weight excluding hydrogens is 456 g/mol. The van der Waals surface area contributed by atoms with Crippen LogP contribution in [0.2, 0.25) is 0 Å². The maximum absolute atomic E-state index is 12.9. The summed E-state index contributed by atoms with van der Waals surface area (Å²) in [6.07, 6.45) is 0.877. The number of hydrogen-bond donors (Lipinski definition) is 2. The minimum Gasteiger partial charge on any atom is -0.325 e. The normalized spacial score (nSPS) is 12.1. The first-order valence-corrected chi connectivity index (χ1v) is 13.6. The third-order valence-electron chi connectivity index (χ3n) is 5.43. The molecule has 1 heterocycles. The van der Waals surface area contributed by atoms with Gasteiger partial charge in [-0.1, -0.05) is 64.6 Å².